The molecule has 0 fully saturated rings. The first-order chi connectivity index (χ1) is 12.5. The van der Waals surface area contributed by atoms with Crippen LogP contribution in [0.1, 0.15) is 15.9 Å². The van der Waals surface area contributed by atoms with Crippen LogP contribution in [0.4, 0.5) is 17.6 Å². The molecule has 0 spiro atoms. The first kappa shape index (κ1) is 20.7. The van der Waals surface area contributed by atoms with Gasteiger partial charge in [-0.3, -0.25) is 4.79 Å². The standard InChI is InChI=1S/C16H10ClF4NO4S/c17-14-9-11(18)3-6-13(14)15(23)22-27(24,25)8-7-10-1-4-12(5-2-10)26-16(19,20)21/h1-9H,(H,22,23). The Morgan fingerprint density at radius 3 is 2.30 bits per heavy atom. The molecule has 1 amide bonds. The van der Waals surface area contributed by atoms with E-state index >= 15 is 0 Å². The fourth-order valence-electron chi connectivity index (χ4n) is 1.84. The Morgan fingerprint density at radius 1 is 1.11 bits per heavy atom. The van der Waals surface area contributed by atoms with Gasteiger partial charge in [-0.05, 0) is 42.0 Å². The van der Waals surface area contributed by atoms with Crippen LogP contribution in [0.25, 0.3) is 6.08 Å². The maximum Gasteiger partial charge on any atom is 0.573 e. The average Bonchev–Trinajstić information content (AvgIpc) is 2.52. The summed E-state index contributed by atoms with van der Waals surface area (Å²) in [5.74, 6) is -2.24. The Morgan fingerprint density at radius 2 is 1.74 bits per heavy atom. The van der Waals surface area contributed by atoms with Crippen LogP contribution in [-0.2, 0) is 10.0 Å². The maximum absolute atomic E-state index is 13.0. The van der Waals surface area contributed by atoms with Crippen LogP contribution < -0.4 is 9.46 Å². The van der Waals surface area contributed by atoms with Crippen LogP contribution in [0.5, 0.6) is 5.75 Å². The molecular weight excluding hydrogens is 414 g/mol. The number of hydrogen-bond acceptors (Lipinski definition) is 4. The van der Waals surface area contributed by atoms with Crippen LogP contribution in [-0.4, -0.2) is 20.7 Å². The Balaban J connectivity index is 2.08. The van der Waals surface area contributed by atoms with Crippen molar-refractivity contribution in [3.8, 4) is 5.75 Å². The van der Waals surface area contributed by atoms with Crippen molar-refractivity contribution in [2.24, 2.45) is 0 Å². The molecule has 0 aromatic heterocycles. The summed E-state index contributed by atoms with van der Waals surface area (Å²) in [6, 6.07) is 7.17. The summed E-state index contributed by atoms with van der Waals surface area (Å²) < 4.78 is 78.4. The van der Waals surface area contributed by atoms with Crippen LogP contribution >= 0.6 is 11.6 Å². The number of ether oxygens (including phenoxy) is 1. The van der Waals surface area contributed by atoms with Gasteiger partial charge in [-0.2, -0.15) is 0 Å². The summed E-state index contributed by atoms with van der Waals surface area (Å²) in [5, 5.41) is 0.369. The van der Waals surface area contributed by atoms with E-state index in [1.54, 1.807) is 4.72 Å². The third kappa shape index (κ3) is 6.57. The molecule has 0 saturated carbocycles. The monoisotopic (exact) mass is 423 g/mol. The lowest BCUT2D eigenvalue weighted by Gasteiger charge is -2.08. The van der Waals surface area contributed by atoms with E-state index in [1.165, 1.54) is 12.1 Å². The largest absolute Gasteiger partial charge is 0.573 e. The van der Waals surface area contributed by atoms with Crippen molar-refractivity contribution >= 4 is 33.6 Å². The van der Waals surface area contributed by atoms with Gasteiger partial charge in [-0.15, -0.1) is 13.2 Å². The highest BCUT2D eigenvalue weighted by Crippen LogP contribution is 2.23. The van der Waals surface area contributed by atoms with Gasteiger partial charge in [0.2, 0.25) is 0 Å². The van der Waals surface area contributed by atoms with Crippen molar-refractivity contribution in [1.82, 2.24) is 4.72 Å². The van der Waals surface area contributed by atoms with E-state index in [9.17, 15) is 30.8 Å². The van der Waals surface area contributed by atoms with Gasteiger partial charge in [0.15, 0.2) is 0 Å². The predicted molar refractivity (Wildman–Crippen MR) is 90.0 cm³/mol. The number of halogens is 5. The Hall–Kier alpha value is -2.59. The molecule has 0 bridgehead atoms. The third-order valence-corrected chi connectivity index (χ3v) is 4.24. The summed E-state index contributed by atoms with van der Waals surface area (Å²) in [6.45, 7) is 0. The van der Waals surface area contributed by atoms with Gasteiger partial charge in [-0.25, -0.2) is 17.5 Å². The minimum absolute atomic E-state index is 0.238. The van der Waals surface area contributed by atoms with Gasteiger partial charge in [0.25, 0.3) is 15.9 Å². The molecule has 2 aromatic rings. The zero-order chi connectivity index (χ0) is 20.2. The van der Waals surface area contributed by atoms with Gasteiger partial charge in [0, 0.05) is 0 Å². The molecule has 2 rings (SSSR count). The number of carbonyl (C=O) groups is 1. The van der Waals surface area contributed by atoms with Gasteiger partial charge >= 0.3 is 6.36 Å². The van der Waals surface area contributed by atoms with E-state index in [2.05, 4.69) is 4.74 Å². The molecule has 2 aromatic carbocycles. The van der Waals surface area contributed by atoms with Crippen molar-refractivity contribution in [3.63, 3.8) is 0 Å². The SMILES string of the molecule is O=C(NS(=O)(=O)C=Cc1ccc(OC(F)(F)F)cc1)c1ccc(F)cc1Cl. The number of benzene rings is 2. The van der Waals surface area contributed by atoms with Crippen molar-refractivity contribution in [2.75, 3.05) is 0 Å². The molecule has 0 aliphatic rings. The molecule has 0 radical (unpaired) electrons. The number of amides is 1. The van der Waals surface area contributed by atoms with E-state index in [4.69, 9.17) is 11.6 Å². The first-order valence-corrected chi connectivity index (χ1v) is 8.94. The number of rotatable bonds is 5. The highest BCUT2D eigenvalue weighted by atomic mass is 35.5. The van der Waals surface area contributed by atoms with E-state index < -0.39 is 33.9 Å². The Kier molecular flexibility index (Phi) is 6.11. The van der Waals surface area contributed by atoms with Crippen LogP contribution in [0, 0.1) is 5.82 Å². The minimum atomic E-state index is -4.84. The number of nitrogens with one attached hydrogen (secondary N) is 1. The zero-order valence-electron chi connectivity index (χ0n) is 13.1. The molecule has 0 heterocycles. The number of carbonyl (C=O) groups excluding carboxylic acids is 1. The molecule has 0 aliphatic heterocycles. The number of alkyl halides is 3. The molecule has 0 atom stereocenters. The molecule has 0 saturated heterocycles. The van der Waals surface area contributed by atoms with Crippen LogP contribution in [0.15, 0.2) is 47.9 Å². The highest BCUT2D eigenvalue weighted by molar-refractivity contribution is 7.93. The highest BCUT2D eigenvalue weighted by Gasteiger charge is 2.30. The van der Waals surface area contributed by atoms with Gasteiger partial charge in [0.1, 0.15) is 11.6 Å². The molecule has 1 N–H and O–H groups in total. The van der Waals surface area contributed by atoms with Crippen molar-refractivity contribution < 1.29 is 35.5 Å². The smallest absolute Gasteiger partial charge is 0.406 e. The van der Waals surface area contributed by atoms with E-state index in [0.717, 1.165) is 36.4 Å². The van der Waals surface area contributed by atoms with E-state index in [0.29, 0.717) is 5.41 Å². The molecule has 0 unspecified atom stereocenters. The lowest BCUT2D eigenvalue weighted by molar-refractivity contribution is -0.274. The van der Waals surface area contributed by atoms with E-state index in [-0.39, 0.29) is 16.1 Å². The lowest BCUT2D eigenvalue weighted by atomic mass is 10.2. The second kappa shape index (κ2) is 7.97. The average molecular weight is 424 g/mol. The van der Waals surface area contributed by atoms with Crippen LogP contribution in [0.2, 0.25) is 5.02 Å². The van der Waals surface area contributed by atoms with E-state index in [1.807, 2.05) is 0 Å². The molecule has 27 heavy (non-hydrogen) atoms. The van der Waals surface area contributed by atoms with Crippen molar-refractivity contribution in [3.05, 3.63) is 69.8 Å². The summed E-state index contributed by atoms with van der Waals surface area (Å²) >= 11 is 5.68. The number of hydrogen-bond donors (Lipinski definition) is 1. The third-order valence-electron chi connectivity index (χ3n) is 2.96. The van der Waals surface area contributed by atoms with Gasteiger partial charge in [-0.1, -0.05) is 23.7 Å². The molecule has 144 valence electrons. The van der Waals surface area contributed by atoms with Crippen molar-refractivity contribution in [2.45, 2.75) is 6.36 Å². The summed E-state index contributed by atoms with van der Waals surface area (Å²) in [6.07, 6.45) is -3.79. The molecule has 11 heteroatoms. The zero-order valence-corrected chi connectivity index (χ0v) is 14.7. The maximum atomic E-state index is 13.0. The summed E-state index contributed by atoms with van der Waals surface area (Å²) in [7, 11) is -4.24. The normalized spacial score (nSPS) is 12.2. The van der Waals surface area contributed by atoms with Crippen LogP contribution in [0.3, 0.4) is 0 Å². The second-order valence-electron chi connectivity index (χ2n) is 5.02. The summed E-state index contributed by atoms with van der Waals surface area (Å²) in [4.78, 5) is 11.9. The van der Waals surface area contributed by atoms with Gasteiger partial charge < -0.3 is 4.74 Å². The minimum Gasteiger partial charge on any atom is -0.406 e. The lowest BCUT2D eigenvalue weighted by Crippen LogP contribution is -2.29. The Bertz CT molecular complexity index is 973. The Labute approximate surface area is 156 Å². The second-order valence-corrected chi connectivity index (χ2v) is 6.99. The quantitative estimate of drug-likeness (QED) is 0.735. The molecular formula is C16H10ClF4NO4S. The topological polar surface area (TPSA) is 72.5 Å². The molecule has 5 nitrogen and oxygen atoms in total. The van der Waals surface area contributed by atoms with Gasteiger partial charge in [0.05, 0.1) is 16.0 Å². The fourth-order valence-corrected chi connectivity index (χ4v) is 2.87. The van der Waals surface area contributed by atoms with Crippen molar-refractivity contribution in [1.29, 1.82) is 0 Å². The number of sulfonamides is 1. The summed E-state index contributed by atoms with van der Waals surface area (Å²) in [5.41, 5.74) is -0.00847. The molecule has 0 aliphatic carbocycles. The fraction of sp³-hybridized carbons (Fsp3) is 0.0625. The first-order valence-electron chi connectivity index (χ1n) is 7.01. The predicted octanol–water partition coefficient (Wildman–Crippen LogP) is 4.11.